The van der Waals surface area contributed by atoms with E-state index in [0.717, 1.165) is 5.56 Å². The van der Waals surface area contributed by atoms with Crippen LogP contribution in [-0.2, 0) is 11.8 Å². The van der Waals surface area contributed by atoms with E-state index in [1.807, 2.05) is 52.0 Å². The molecule has 0 radical (unpaired) electrons. The summed E-state index contributed by atoms with van der Waals surface area (Å²) in [4.78, 5) is 16.4. The molecule has 0 saturated heterocycles. The fraction of sp³-hybridized carbons (Fsp3) is 0.438. The van der Waals surface area contributed by atoms with Gasteiger partial charge in [0.15, 0.2) is 5.82 Å². The third-order valence-electron chi connectivity index (χ3n) is 3.13. The van der Waals surface area contributed by atoms with Crippen LogP contribution in [0.3, 0.4) is 0 Å². The minimum atomic E-state index is -0.157. The van der Waals surface area contributed by atoms with Gasteiger partial charge >= 0.3 is 0 Å². The Hall–Kier alpha value is -2.17. The highest BCUT2D eigenvalue weighted by atomic mass is 16.5. The highest BCUT2D eigenvalue weighted by molar-refractivity contribution is 5.95. The monoisotopic (exact) mass is 287 g/mol. The maximum atomic E-state index is 12.0. The standard InChI is InChI=1S/C16H21N3O2/c1-11-7-5-6-8-12(11)14(20)17-10-9-13-18-15(21-19-13)16(2,3)4/h5-8H,9-10H2,1-4H3,(H,17,20). The summed E-state index contributed by atoms with van der Waals surface area (Å²) < 4.78 is 5.22. The summed E-state index contributed by atoms with van der Waals surface area (Å²) in [5.74, 6) is 1.15. The Morgan fingerprint density at radius 2 is 2.00 bits per heavy atom. The van der Waals surface area contributed by atoms with Gasteiger partial charge < -0.3 is 9.84 Å². The molecular weight excluding hydrogens is 266 g/mol. The van der Waals surface area contributed by atoms with Crippen LogP contribution in [0.2, 0.25) is 0 Å². The quantitative estimate of drug-likeness (QED) is 0.938. The van der Waals surface area contributed by atoms with Gasteiger partial charge in [0.05, 0.1) is 0 Å². The highest BCUT2D eigenvalue weighted by Gasteiger charge is 2.21. The van der Waals surface area contributed by atoms with Crippen LogP contribution in [0.4, 0.5) is 0 Å². The highest BCUT2D eigenvalue weighted by Crippen LogP contribution is 2.19. The van der Waals surface area contributed by atoms with Crippen LogP contribution in [0.15, 0.2) is 28.8 Å². The molecule has 0 aliphatic heterocycles. The number of benzene rings is 1. The first-order valence-corrected chi connectivity index (χ1v) is 7.05. The van der Waals surface area contributed by atoms with Crippen molar-refractivity contribution in [3.8, 4) is 0 Å². The fourth-order valence-electron chi connectivity index (χ4n) is 1.87. The van der Waals surface area contributed by atoms with Gasteiger partial charge in [0, 0.05) is 23.9 Å². The molecule has 1 aromatic heterocycles. The number of nitrogens with one attached hydrogen (secondary N) is 1. The Morgan fingerprint density at radius 3 is 2.62 bits per heavy atom. The van der Waals surface area contributed by atoms with Crippen molar-refractivity contribution in [1.29, 1.82) is 0 Å². The van der Waals surface area contributed by atoms with Crippen LogP contribution in [0.25, 0.3) is 0 Å². The van der Waals surface area contributed by atoms with Crippen LogP contribution in [0.1, 0.15) is 48.4 Å². The van der Waals surface area contributed by atoms with E-state index in [2.05, 4.69) is 15.5 Å². The Morgan fingerprint density at radius 1 is 1.29 bits per heavy atom. The molecule has 112 valence electrons. The second kappa shape index (κ2) is 6.08. The summed E-state index contributed by atoms with van der Waals surface area (Å²) in [5, 5.41) is 6.81. The predicted octanol–water partition coefficient (Wildman–Crippen LogP) is 2.65. The van der Waals surface area contributed by atoms with E-state index in [1.165, 1.54) is 0 Å². The summed E-state index contributed by atoms with van der Waals surface area (Å²) in [7, 11) is 0. The zero-order chi connectivity index (χ0) is 15.5. The summed E-state index contributed by atoms with van der Waals surface area (Å²) in [6.45, 7) is 8.46. The fourth-order valence-corrected chi connectivity index (χ4v) is 1.87. The van der Waals surface area contributed by atoms with Gasteiger partial charge in [0.2, 0.25) is 5.89 Å². The Kier molecular flexibility index (Phi) is 4.40. The van der Waals surface area contributed by atoms with Gasteiger partial charge in [0.1, 0.15) is 0 Å². The van der Waals surface area contributed by atoms with E-state index in [-0.39, 0.29) is 11.3 Å². The minimum Gasteiger partial charge on any atom is -0.352 e. The predicted molar refractivity (Wildman–Crippen MR) is 80.2 cm³/mol. The van der Waals surface area contributed by atoms with E-state index in [0.29, 0.717) is 30.2 Å². The van der Waals surface area contributed by atoms with Crippen LogP contribution in [0, 0.1) is 6.92 Å². The van der Waals surface area contributed by atoms with Gasteiger partial charge in [-0.05, 0) is 18.6 Å². The molecular formula is C16H21N3O2. The number of aryl methyl sites for hydroxylation is 1. The first-order valence-electron chi connectivity index (χ1n) is 7.05. The molecule has 0 saturated carbocycles. The second-order valence-corrected chi connectivity index (χ2v) is 6.09. The third-order valence-corrected chi connectivity index (χ3v) is 3.13. The molecule has 2 aromatic rings. The van der Waals surface area contributed by atoms with Crippen LogP contribution < -0.4 is 5.32 Å². The number of aromatic nitrogens is 2. The largest absolute Gasteiger partial charge is 0.352 e. The Balaban J connectivity index is 1.89. The number of rotatable bonds is 4. The maximum absolute atomic E-state index is 12.0. The zero-order valence-corrected chi connectivity index (χ0v) is 12.9. The molecule has 0 aliphatic rings. The number of amides is 1. The number of hydrogen-bond acceptors (Lipinski definition) is 4. The molecule has 2 rings (SSSR count). The van der Waals surface area contributed by atoms with Gasteiger partial charge in [-0.25, -0.2) is 0 Å². The minimum absolute atomic E-state index is 0.0763. The van der Waals surface area contributed by atoms with E-state index < -0.39 is 0 Å². The lowest BCUT2D eigenvalue weighted by Crippen LogP contribution is -2.26. The van der Waals surface area contributed by atoms with Crippen LogP contribution in [-0.4, -0.2) is 22.6 Å². The van der Waals surface area contributed by atoms with Gasteiger partial charge in [-0.3, -0.25) is 4.79 Å². The summed E-state index contributed by atoms with van der Waals surface area (Å²) >= 11 is 0. The lowest BCUT2D eigenvalue weighted by atomic mass is 9.97. The summed E-state index contributed by atoms with van der Waals surface area (Å²) in [5.41, 5.74) is 1.50. The van der Waals surface area contributed by atoms with Gasteiger partial charge in [0.25, 0.3) is 5.91 Å². The maximum Gasteiger partial charge on any atom is 0.251 e. The normalized spacial score (nSPS) is 11.4. The second-order valence-electron chi connectivity index (χ2n) is 6.09. The molecule has 5 nitrogen and oxygen atoms in total. The van der Waals surface area contributed by atoms with E-state index in [4.69, 9.17) is 4.52 Å². The van der Waals surface area contributed by atoms with Gasteiger partial charge in [-0.2, -0.15) is 4.98 Å². The molecule has 1 amide bonds. The van der Waals surface area contributed by atoms with Gasteiger partial charge in [-0.15, -0.1) is 0 Å². The number of carbonyl (C=O) groups is 1. The molecule has 0 fully saturated rings. The van der Waals surface area contributed by atoms with Crippen molar-refractivity contribution in [2.24, 2.45) is 0 Å². The Bertz CT molecular complexity index is 626. The molecule has 1 aromatic carbocycles. The number of nitrogens with zero attached hydrogens (tertiary/aromatic N) is 2. The lowest BCUT2D eigenvalue weighted by Gasteiger charge is -2.10. The molecule has 0 spiro atoms. The van der Waals surface area contributed by atoms with E-state index >= 15 is 0 Å². The van der Waals surface area contributed by atoms with Crippen molar-refractivity contribution in [1.82, 2.24) is 15.5 Å². The average molecular weight is 287 g/mol. The number of carbonyl (C=O) groups excluding carboxylic acids is 1. The van der Waals surface area contributed by atoms with E-state index in [1.54, 1.807) is 0 Å². The third kappa shape index (κ3) is 3.90. The van der Waals surface area contributed by atoms with Crippen molar-refractivity contribution in [2.45, 2.75) is 39.5 Å². The Labute approximate surface area is 124 Å². The molecule has 5 heteroatoms. The first-order chi connectivity index (χ1) is 9.88. The van der Waals surface area contributed by atoms with Crippen molar-refractivity contribution < 1.29 is 9.32 Å². The smallest absolute Gasteiger partial charge is 0.251 e. The topological polar surface area (TPSA) is 68.0 Å². The van der Waals surface area contributed by atoms with Crippen molar-refractivity contribution in [3.63, 3.8) is 0 Å². The SMILES string of the molecule is Cc1ccccc1C(=O)NCCc1noc(C(C)(C)C)n1. The van der Waals surface area contributed by atoms with Crippen molar-refractivity contribution in [2.75, 3.05) is 6.54 Å². The van der Waals surface area contributed by atoms with Crippen LogP contribution in [0.5, 0.6) is 0 Å². The molecule has 0 bridgehead atoms. The van der Waals surface area contributed by atoms with Crippen LogP contribution >= 0.6 is 0 Å². The van der Waals surface area contributed by atoms with Crippen molar-refractivity contribution >= 4 is 5.91 Å². The summed E-state index contributed by atoms with van der Waals surface area (Å²) in [6, 6.07) is 7.51. The molecule has 0 unspecified atom stereocenters. The molecule has 1 heterocycles. The molecule has 1 N–H and O–H groups in total. The van der Waals surface area contributed by atoms with Crippen molar-refractivity contribution in [3.05, 3.63) is 47.1 Å². The molecule has 0 atom stereocenters. The van der Waals surface area contributed by atoms with E-state index in [9.17, 15) is 4.79 Å². The molecule has 21 heavy (non-hydrogen) atoms. The average Bonchev–Trinajstić information content (AvgIpc) is 2.88. The number of hydrogen-bond donors (Lipinski definition) is 1. The summed E-state index contributed by atoms with van der Waals surface area (Å²) in [6.07, 6.45) is 0.553. The first kappa shape index (κ1) is 15.2. The molecule has 0 aliphatic carbocycles. The lowest BCUT2D eigenvalue weighted by molar-refractivity contribution is 0.0953. The van der Waals surface area contributed by atoms with Gasteiger partial charge in [-0.1, -0.05) is 44.1 Å². The zero-order valence-electron chi connectivity index (χ0n) is 12.9.